The molecule has 6 heteroatoms. The van der Waals surface area contributed by atoms with Gasteiger partial charge in [-0.25, -0.2) is 4.79 Å². The second-order valence-electron chi connectivity index (χ2n) is 6.26. The SMILES string of the molecule is C[C@H]1CN(Cc2ccccc2)C[C@@H]1NC(=O)Nc1cnn(C)c1. The normalized spacial score (nSPS) is 21.3. The van der Waals surface area contributed by atoms with Crippen molar-refractivity contribution in [2.45, 2.75) is 19.5 Å². The molecular weight excluding hydrogens is 290 g/mol. The number of nitrogens with one attached hydrogen (secondary N) is 2. The summed E-state index contributed by atoms with van der Waals surface area (Å²) < 4.78 is 1.66. The zero-order chi connectivity index (χ0) is 16.2. The smallest absolute Gasteiger partial charge is 0.319 e. The first kappa shape index (κ1) is 15.6. The molecule has 0 aliphatic carbocycles. The van der Waals surface area contributed by atoms with Crippen LogP contribution in [0.2, 0.25) is 0 Å². The van der Waals surface area contributed by atoms with Gasteiger partial charge in [-0.05, 0) is 11.5 Å². The quantitative estimate of drug-likeness (QED) is 0.908. The van der Waals surface area contributed by atoms with E-state index in [1.165, 1.54) is 5.56 Å². The van der Waals surface area contributed by atoms with Crippen molar-refractivity contribution in [3.63, 3.8) is 0 Å². The summed E-state index contributed by atoms with van der Waals surface area (Å²) in [6, 6.07) is 10.4. The molecule has 6 nitrogen and oxygen atoms in total. The highest BCUT2D eigenvalue weighted by Crippen LogP contribution is 2.19. The monoisotopic (exact) mass is 313 g/mol. The van der Waals surface area contributed by atoms with Gasteiger partial charge in [0.15, 0.2) is 0 Å². The van der Waals surface area contributed by atoms with Gasteiger partial charge in [0.2, 0.25) is 0 Å². The van der Waals surface area contributed by atoms with E-state index in [0.29, 0.717) is 11.6 Å². The van der Waals surface area contributed by atoms with Crippen LogP contribution in [0.5, 0.6) is 0 Å². The summed E-state index contributed by atoms with van der Waals surface area (Å²) in [5, 5.41) is 9.94. The second kappa shape index (κ2) is 6.83. The van der Waals surface area contributed by atoms with Crippen LogP contribution in [-0.2, 0) is 13.6 Å². The number of carbonyl (C=O) groups excluding carboxylic acids is 1. The summed E-state index contributed by atoms with van der Waals surface area (Å²) in [6.45, 7) is 4.97. The number of aryl methyl sites for hydroxylation is 1. The molecule has 2 heterocycles. The third kappa shape index (κ3) is 4.10. The third-order valence-electron chi connectivity index (χ3n) is 4.22. The Hall–Kier alpha value is -2.34. The summed E-state index contributed by atoms with van der Waals surface area (Å²) >= 11 is 0. The number of urea groups is 1. The average Bonchev–Trinajstić information content (AvgIpc) is 3.06. The topological polar surface area (TPSA) is 62.2 Å². The maximum atomic E-state index is 12.1. The van der Waals surface area contributed by atoms with Crippen molar-refractivity contribution in [2.75, 3.05) is 18.4 Å². The Kier molecular flexibility index (Phi) is 4.62. The molecule has 0 saturated carbocycles. The molecule has 0 unspecified atom stereocenters. The molecule has 2 atom stereocenters. The van der Waals surface area contributed by atoms with Crippen molar-refractivity contribution >= 4 is 11.7 Å². The first-order valence-corrected chi connectivity index (χ1v) is 7.92. The number of benzene rings is 1. The second-order valence-corrected chi connectivity index (χ2v) is 6.26. The van der Waals surface area contributed by atoms with Gasteiger partial charge in [-0.1, -0.05) is 37.3 Å². The third-order valence-corrected chi connectivity index (χ3v) is 4.22. The Morgan fingerprint density at radius 1 is 1.30 bits per heavy atom. The summed E-state index contributed by atoms with van der Waals surface area (Å²) in [6.07, 6.45) is 3.42. The first-order chi connectivity index (χ1) is 11.1. The van der Waals surface area contributed by atoms with E-state index in [9.17, 15) is 4.79 Å². The van der Waals surface area contributed by atoms with Crippen LogP contribution in [0.1, 0.15) is 12.5 Å². The predicted octanol–water partition coefficient (Wildman–Crippen LogP) is 2.06. The van der Waals surface area contributed by atoms with Gasteiger partial charge in [-0.3, -0.25) is 9.58 Å². The van der Waals surface area contributed by atoms with Crippen molar-refractivity contribution in [3.05, 3.63) is 48.3 Å². The number of hydrogen-bond donors (Lipinski definition) is 2. The lowest BCUT2D eigenvalue weighted by molar-refractivity contribution is 0.246. The van der Waals surface area contributed by atoms with Gasteiger partial charge in [-0.15, -0.1) is 0 Å². The van der Waals surface area contributed by atoms with Crippen LogP contribution in [-0.4, -0.2) is 39.8 Å². The van der Waals surface area contributed by atoms with Gasteiger partial charge in [0.25, 0.3) is 0 Å². The van der Waals surface area contributed by atoms with Gasteiger partial charge in [0.05, 0.1) is 11.9 Å². The summed E-state index contributed by atoms with van der Waals surface area (Å²) in [5.74, 6) is 0.429. The Bertz CT molecular complexity index is 654. The van der Waals surface area contributed by atoms with Crippen LogP contribution < -0.4 is 10.6 Å². The van der Waals surface area contributed by atoms with Gasteiger partial charge in [0, 0.05) is 38.9 Å². The molecule has 3 rings (SSSR count). The molecule has 1 saturated heterocycles. The largest absolute Gasteiger partial charge is 0.334 e. The van der Waals surface area contributed by atoms with Gasteiger partial charge in [0.1, 0.15) is 0 Å². The van der Waals surface area contributed by atoms with Gasteiger partial charge >= 0.3 is 6.03 Å². The van der Waals surface area contributed by atoms with Gasteiger partial charge in [-0.2, -0.15) is 5.10 Å². The number of aromatic nitrogens is 2. The van der Waals surface area contributed by atoms with Crippen molar-refractivity contribution < 1.29 is 4.79 Å². The molecule has 23 heavy (non-hydrogen) atoms. The molecule has 0 radical (unpaired) electrons. The minimum atomic E-state index is -0.170. The molecule has 2 amide bonds. The van der Waals surface area contributed by atoms with E-state index in [-0.39, 0.29) is 12.1 Å². The van der Waals surface area contributed by atoms with Crippen molar-refractivity contribution in [3.8, 4) is 0 Å². The van der Waals surface area contributed by atoms with Crippen molar-refractivity contribution in [1.82, 2.24) is 20.0 Å². The molecular formula is C17H23N5O. The van der Waals surface area contributed by atoms with E-state index in [0.717, 1.165) is 19.6 Å². The summed E-state index contributed by atoms with van der Waals surface area (Å²) in [5.41, 5.74) is 2.01. The lowest BCUT2D eigenvalue weighted by Crippen LogP contribution is -2.42. The minimum absolute atomic E-state index is 0.162. The summed E-state index contributed by atoms with van der Waals surface area (Å²) in [4.78, 5) is 14.5. The highest BCUT2D eigenvalue weighted by molar-refractivity contribution is 5.89. The molecule has 1 aromatic carbocycles. The van der Waals surface area contributed by atoms with E-state index in [1.807, 2.05) is 13.1 Å². The highest BCUT2D eigenvalue weighted by atomic mass is 16.2. The number of nitrogens with zero attached hydrogens (tertiary/aromatic N) is 3. The number of hydrogen-bond acceptors (Lipinski definition) is 3. The number of anilines is 1. The lowest BCUT2D eigenvalue weighted by atomic mass is 10.1. The maximum Gasteiger partial charge on any atom is 0.319 e. The van der Waals surface area contributed by atoms with Crippen molar-refractivity contribution in [1.29, 1.82) is 0 Å². The van der Waals surface area contributed by atoms with E-state index in [4.69, 9.17) is 0 Å². The fraction of sp³-hybridized carbons (Fsp3) is 0.412. The zero-order valence-corrected chi connectivity index (χ0v) is 13.6. The fourth-order valence-electron chi connectivity index (χ4n) is 3.05. The Morgan fingerprint density at radius 2 is 2.09 bits per heavy atom. The number of rotatable bonds is 4. The van der Waals surface area contributed by atoms with E-state index >= 15 is 0 Å². The number of carbonyl (C=O) groups is 1. The molecule has 1 aliphatic rings. The van der Waals surface area contributed by atoms with Crippen LogP contribution in [0.25, 0.3) is 0 Å². The summed E-state index contributed by atoms with van der Waals surface area (Å²) in [7, 11) is 1.82. The van der Waals surface area contributed by atoms with Gasteiger partial charge < -0.3 is 10.6 Å². The van der Waals surface area contributed by atoms with Crippen LogP contribution in [0.3, 0.4) is 0 Å². The van der Waals surface area contributed by atoms with E-state index in [2.05, 4.69) is 51.8 Å². The molecule has 122 valence electrons. The molecule has 1 aromatic heterocycles. The fourth-order valence-corrected chi connectivity index (χ4v) is 3.05. The Balaban J connectivity index is 1.51. The van der Waals surface area contributed by atoms with E-state index < -0.39 is 0 Å². The molecule has 1 fully saturated rings. The maximum absolute atomic E-state index is 12.1. The van der Waals surface area contributed by atoms with Crippen LogP contribution >= 0.6 is 0 Å². The Morgan fingerprint density at radius 3 is 2.78 bits per heavy atom. The highest BCUT2D eigenvalue weighted by Gasteiger charge is 2.30. The minimum Gasteiger partial charge on any atom is -0.334 e. The predicted molar refractivity (Wildman–Crippen MR) is 90.0 cm³/mol. The van der Waals surface area contributed by atoms with Crippen LogP contribution in [0.4, 0.5) is 10.5 Å². The van der Waals surface area contributed by atoms with Crippen LogP contribution in [0.15, 0.2) is 42.7 Å². The first-order valence-electron chi connectivity index (χ1n) is 7.92. The standard InChI is InChI=1S/C17H23N5O/c1-13-9-22(10-14-6-4-3-5-7-14)12-16(13)20-17(23)19-15-8-18-21(2)11-15/h3-8,11,13,16H,9-10,12H2,1-2H3,(H2,19,20,23)/t13-,16-/m0/s1. The molecule has 1 aliphatic heterocycles. The average molecular weight is 313 g/mol. The van der Waals surface area contributed by atoms with E-state index in [1.54, 1.807) is 17.1 Å². The Labute approximate surface area is 136 Å². The zero-order valence-electron chi connectivity index (χ0n) is 13.6. The molecule has 2 aromatic rings. The van der Waals surface area contributed by atoms with Crippen LogP contribution in [0, 0.1) is 5.92 Å². The van der Waals surface area contributed by atoms with Crippen molar-refractivity contribution in [2.24, 2.45) is 13.0 Å². The molecule has 0 bridgehead atoms. The number of likely N-dealkylation sites (tertiary alicyclic amines) is 1. The molecule has 0 spiro atoms. The molecule has 2 N–H and O–H groups in total. The number of amides is 2. The lowest BCUT2D eigenvalue weighted by Gasteiger charge is -2.17.